The van der Waals surface area contributed by atoms with Gasteiger partial charge in [-0.25, -0.2) is 0 Å². The number of anilines is 1. The van der Waals surface area contributed by atoms with Gasteiger partial charge in [-0.2, -0.15) is 0 Å². The zero-order chi connectivity index (χ0) is 21.1. The summed E-state index contributed by atoms with van der Waals surface area (Å²) >= 11 is 6.36. The zero-order valence-corrected chi connectivity index (χ0v) is 18.2. The highest BCUT2D eigenvalue weighted by Gasteiger charge is 2.22. The molecule has 1 aromatic carbocycles. The number of hydrogen-bond donors (Lipinski definition) is 3. The molecule has 1 unspecified atom stereocenters. The second-order valence-electron chi connectivity index (χ2n) is 7.83. The van der Waals surface area contributed by atoms with Crippen LogP contribution in [-0.2, 0) is 6.54 Å². The molecule has 1 aliphatic rings. The number of rotatable bonds is 5. The van der Waals surface area contributed by atoms with E-state index >= 15 is 0 Å². The second kappa shape index (κ2) is 9.01. The molecule has 0 radical (unpaired) electrons. The second-order valence-corrected chi connectivity index (χ2v) is 8.27. The molecule has 0 spiro atoms. The first-order valence-electron chi connectivity index (χ1n) is 9.99. The quantitative estimate of drug-likeness (QED) is 0.700. The van der Waals surface area contributed by atoms with Crippen molar-refractivity contribution in [3.63, 3.8) is 0 Å². The Morgan fingerprint density at radius 2 is 2.03 bits per heavy atom. The number of H-pyrrole nitrogens is 1. The lowest BCUT2D eigenvalue weighted by atomic mass is 10.0. The molecule has 1 atom stereocenters. The number of aryl methyl sites for hydroxylation is 2. The number of nitrogens with one attached hydrogen (secondary N) is 3. The molecule has 1 aromatic heterocycles. The number of aromatic nitrogens is 1. The fourth-order valence-electron chi connectivity index (χ4n) is 3.99. The summed E-state index contributed by atoms with van der Waals surface area (Å²) in [5.41, 5.74) is 4.43. The van der Waals surface area contributed by atoms with E-state index in [-0.39, 0.29) is 18.0 Å². The first kappa shape index (κ1) is 21.4. The van der Waals surface area contributed by atoms with Crippen LogP contribution in [0.5, 0.6) is 0 Å². The molecule has 3 rings (SSSR count). The van der Waals surface area contributed by atoms with Gasteiger partial charge in [-0.3, -0.25) is 9.59 Å². The van der Waals surface area contributed by atoms with Crippen LogP contribution in [0.25, 0.3) is 0 Å². The smallest absolute Gasteiger partial charge is 0.253 e. The lowest BCUT2D eigenvalue weighted by molar-refractivity contribution is 0.0950. The molecule has 29 heavy (non-hydrogen) atoms. The Morgan fingerprint density at radius 1 is 1.28 bits per heavy atom. The van der Waals surface area contributed by atoms with Crippen LogP contribution < -0.4 is 21.1 Å². The summed E-state index contributed by atoms with van der Waals surface area (Å²) in [6, 6.07) is 5.87. The van der Waals surface area contributed by atoms with E-state index in [9.17, 15) is 9.59 Å². The number of amides is 1. The molecule has 2 aromatic rings. The first-order valence-corrected chi connectivity index (χ1v) is 10.4. The van der Waals surface area contributed by atoms with Gasteiger partial charge in [0.2, 0.25) is 0 Å². The van der Waals surface area contributed by atoms with Crippen molar-refractivity contribution in [2.75, 3.05) is 25.0 Å². The average Bonchev–Trinajstić information content (AvgIpc) is 2.68. The highest BCUT2D eigenvalue weighted by atomic mass is 35.5. The van der Waals surface area contributed by atoms with Crippen molar-refractivity contribution in [2.45, 2.75) is 46.2 Å². The van der Waals surface area contributed by atoms with Gasteiger partial charge in [0.15, 0.2) is 0 Å². The van der Waals surface area contributed by atoms with E-state index in [1.165, 1.54) is 0 Å². The predicted molar refractivity (Wildman–Crippen MR) is 118 cm³/mol. The maximum Gasteiger partial charge on any atom is 0.253 e. The Bertz CT molecular complexity index is 964. The third-order valence-corrected chi connectivity index (χ3v) is 5.93. The number of aromatic amines is 1. The summed E-state index contributed by atoms with van der Waals surface area (Å²) in [4.78, 5) is 30.1. The SMILES string of the molecule is Cc1cc(C)c(CNC(=O)c2cc(Cl)cc(N(C)C3CCCNC3)c2C)c(=O)[nH]1. The van der Waals surface area contributed by atoms with Gasteiger partial charge >= 0.3 is 0 Å². The summed E-state index contributed by atoms with van der Waals surface area (Å²) in [6.45, 7) is 7.79. The molecule has 0 saturated carbocycles. The molecular weight excluding hydrogens is 388 g/mol. The molecule has 0 aliphatic carbocycles. The molecule has 0 bridgehead atoms. The molecule has 3 N–H and O–H groups in total. The molecule has 1 saturated heterocycles. The zero-order valence-electron chi connectivity index (χ0n) is 17.5. The van der Waals surface area contributed by atoms with Crippen LogP contribution >= 0.6 is 11.6 Å². The van der Waals surface area contributed by atoms with Gasteiger partial charge in [0.1, 0.15) is 0 Å². The normalized spacial score (nSPS) is 16.5. The van der Waals surface area contributed by atoms with Gasteiger partial charge in [-0.15, -0.1) is 0 Å². The lowest BCUT2D eigenvalue weighted by Gasteiger charge is -2.34. The topological polar surface area (TPSA) is 77.2 Å². The molecule has 7 heteroatoms. The first-order chi connectivity index (χ1) is 13.8. The minimum absolute atomic E-state index is 0.171. The van der Waals surface area contributed by atoms with Gasteiger partial charge in [-0.1, -0.05) is 11.6 Å². The highest BCUT2D eigenvalue weighted by molar-refractivity contribution is 6.31. The van der Waals surface area contributed by atoms with E-state index in [4.69, 9.17) is 11.6 Å². The van der Waals surface area contributed by atoms with E-state index in [2.05, 4.69) is 20.5 Å². The number of halogens is 1. The maximum absolute atomic E-state index is 12.9. The van der Waals surface area contributed by atoms with Gasteiger partial charge in [0.25, 0.3) is 11.5 Å². The molecule has 156 valence electrons. The van der Waals surface area contributed by atoms with Crippen LogP contribution in [0.3, 0.4) is 0 Å². The Labute approximate surface area is 176 Å². The van der Waals surface area contributed by atoms with Crippen molar-refractivity contribution in [3.8, 4) is 0 Å². The molecule has 1 amide bonds. The van der Waals surface area contributed by atoms with Crippen LogP contribution in [0.15, 0.2) is 23.0 Å². The van der Waals surface area contributed by atoms with E-state index in [0.717, 1.165) is 48.4 Å². The van der Waals surface area contributed by atoms with Crippen molar-refractivity contribution < 1.29 is 4.79 Å². The summed E-state index contributed by atoms with van der Waals surface area (Å²) < 4.78 is 0. The van der Waals surface area contributed by atoms with E-state index in [1.807, 2.05) is 40.0 Å². The largest absolute Gasteiger partial charge is 0.370 e. The van der Waals surface area contributed by atoms with Crippen molar-refractivity contribution in [3.05, 3.63) is 61.5 Å². The van der Waals surface area contributed by atoms with Crippen LogP contribution in [-0.4, -0.2) is 37.1 Å². The van der Waals surface area contributed by atoms with E-state index < -0.39 is 0 Å². The van der Waals surface area contributed by atoms with Gasteiger partial charge in [0, 0.05) is 53.7 Å². The summed E-state index contributed by atoms with van der Waals surface area (Å²) in [5, 5.41) is 6.83. The lowest BCUT2D eigenvalue weighted by Crippen LogP contribution is -2.44. The minimum atomic E-state index is -0.235. The number of carbonyl (C=O) groups is 1. The van der Waals surface area contributed by atoms with Crippen LogP contribution in [0.1, 0.15) is 45.6 Å². The summed E-state index contributed by atoms with van der Waals surface area (Å²) in [7, 11) is 2.05. The Hall–Kier alpha value is -2.31. The number of hydrogen-bond acceptors (Lipinski definition) is 4. The molecule has 1 aliphatic heterocycles. The number of nitrogens with zero attached hydrogens (tertiary/aromatic N) is 1. The monoisotopic (exact) mass is 416 g/mol. The molecule has 2 heterocycles. The van der Waals surface area contributed by atoms with Crippen molar-refractivity contribution in [2.24, 2.45) is 0 Å². The third-order valence-electron chi connectivity index (χ3n) is 5.71. The highest BCUT2D eigenvalue weighted by Crippen LogP contribution is 2.29. The molecule has 6 nitrogen and oxygen atoms in total. The summed E-state index contributed by atoms with van der Waals surface area (Å²) in [6.07, 6.45) is 2.23. The fourth-order valence-corrected chi connectivity index (χ4v) is 4.21. The van der Waals surface area contributed by atoms with Crippen molar-refractivity contribution in [1.29, 1.82) is 0 Å². The Morgan fingerprint density at radius 3 is 2.69 bits per heavy atom. The predicted octanol–water partition coefficient (Wildman–Crippen LogP) is 3.07. The van der Waals surface area contributed by atoms with Gasteiger partial charge < -0.3 is 20.5 Å². The maximum atomic E-state index is 12.9. The van der Waals surface area contributed by atoms with Gasteiger partial charge in [0.05, 0.1) is 0 Å². The van der Waals surface area contributed by atoms with E-state index in [0.29, 0.717) is 22.2 Å². The molecular formula is C22H29ClN4O2. The fraction of sp³-hybridized carbons (Fsp3) is 0.455. The van der Waals surface area contributed by atoms with Crippen LogP contribution in [0.4, 0.5) is 5.69 Å². The third kappa shape index (κ3) is 4.82. The Kier molecular flexibility index (Phi) is 6.65. The Balaban J connectivity index is 1.82. The number of carbonyl (C=O) groups excluding carboxylic acids is 1. The average molecular weight is 417 g/mol. The van der Waals surface area contributed by atoms with Crippen LogP contribution in [0, 0.1) is 20.8 Å². The number of piperidine rings is 1. The van der Waals surface area contributed by atoms with Crippen molar-refractivity contribution >= 4 is 23.2 Å². The molecule has 1 fully saturated rings. The number of benzene rings is 1. The summed E-state index contributed by atoms with van der Waals surface area (Å²) in [5.74, 6) is -0.235. The number of likely N-dealkylation sites (N-methyl/N-ethyl adjacent to an activating group) is 1. The van der Waals surface area contributed by atoms with E-state index in [1.54, 1.807) is 6.07 Å². The standard InChI is InChI=1S/C22H29ClN4O2/c1-13-8-14(2)26-22(29)19(13)12-25-21(28)18-9-16(23)10-20(15(18)3)27(4)17-6-5-7-24-11-17/h8-10,17,24H,5-7,11-12H2,1-4H3,(H,25,28)(H,26,29). The minimum Gasteiger partial charge on any atom is -0.370 e. The van der Waals surface area contributed by atoms with Gasteiger partial charge in [-0.05, 0) is 69.5 Å². The van der Waals surface area contributed by atoms with Crippen molar-refractivity contribution in [1.82, 2.24) is 15.6 Å². The number of pyridine rings is 1. The van der Waals surface area contributed by atoms with Crippen LogP contribution in [0.2, 0.25) is 5.02 Å².